The summed E-state index contributed by atoms with van der Waals surface area (Å²) in [5.74, 6) is 0.571. The van der Waals surface area contributed by atoms with E-state index in [-0.39, 0.29) is 18.5 Å². The number of pyridine rings is 1. The van der Waals surface area contributed by atoms with E-state index in [1.54, 1.807) is 35.5 Å². The zero-order chi connectivity index (χ0) is 17.8. The van der Waals surface area contributed by atoms with Crippen LogP contribution in [0.3, 0.4) is 0 Å². The maximum atomic E-state index is 12.7. The van der Waals surface area contributed by atoms with Crippen molar-refractivity contribution < 1.29 is 9.21 Å². The highest BCUT2D eigenvalue weighted by Gasteiger charge is 2.22. The smallest absolute Gasteiger partial charge is 0.254 e. The fourth-order valence-corrected chi connectivity index (χ4v) is 2.57. The molecule has 1 amide bonds. The van der Waals surface area contributed by atoms with Crippen LogP contribution in [0.15, 0.2) is 53.2 Å². The average molecular weight is 357 g/mol. The van der Waals surface area contributed by atoms with Gasteiger partial charge in [-0.1, -0.05) is 23.7 Å². The molecule has 0 bridgehead atoms. The lowest BCUT2D eigenvalue weighted by molar-refractivity contribution is 0.0672. The molecule has 0 fully saturated rings. The summed E-state index contributed by atoms with van der Waals surface area (Å²) in [5.41, 5.74) is 1.23. The van der Waals surface area contributed by atoms with Crippen molar-refractivity contribution in [2.45, 2.75) is 26.4 Å². The summed E-state index contributed by atoms with van der Waals surface area (Å²) >= 11 is 6.16. The van der Waals surface area contributed by atoms with Crippen molar-refractivity contribution in [1.82, 2.24) is 20.1 Å². The van der Waals surface area contributed by atoms with Gasteiger partial charge in [0.05, 0.1) is 17.1 Å². The van der Waals surface area contributed by atoms with Crippen molar-refractivity contribution in [3.05, 3.63) is 65.3 Å². The molecule has 0 aliphatic rings. The van der Waals surface area contributed by atoms with Gasteiger partial charge in [-0.25, -0.2) is 0 Å². The molecule has 0 saturated heterocycles. The van der Waals surface area contributed by atoms with Gasteiger partial charge in [0, 0.05) is 24.0 Å². The Kier molecular flexibility index (Phi) is 5.09. The molecule has 0 atom stereocenters. The second-order valence-electron chi connectivity index (χ2n) is 5.74. The predicted molar refractivity (Wildman–Crippen MR) is 94.0 cm³/mol. The van der Waals surface area contributed by atoms with Crippen LogP contribution in [0.4, 0.5) is 0 Å². The van der Waals surface area contributed by atoms with Gasteiger partial charge in [0.2, 0.25) is 11.8 Å². The molecule has 2 heterocycles. The van der Waals surface area contributed by atoms with Crippen LogP contribution in [-0.4, -0.2) is 32.0 Å². The molecule has 1 aromatic carbocycles. The van der Waals surface area contributed by atoms with Gasteiger partial charge in [0.1, 0.15) is 0 Å². The molecule has 0 N–H and O–H groups in total. The summed E-state index contributed by atoms with van der Waals surface area (Å²) in [6, 6.07) is 10.6. The Hall–Kier alpha value is -2.73. The topological polar surface area (TPSA) is 72.1 Å². The summed E-state index contributed by atoms with van der Waals surface area (Å²) in [4.78, 5) is 18.3. The SMILES string of the molecule is CC(C)N(Cc1nnc(-c2ccccc2Cl)o1)C(=O)c1ccncc1. The number of halogens is 1. The average Bonchev–Trinajstić information content (AvgIpc) is 3.08. The van der Waals surface area contributed by atoms with Gasteiger partial charge in [0.15, 0.2) is 0 Å². The van der Waals surface area contributed by atoms with Crippen molar-refractivity contribution in [2.75, 3.05) is 0 Å². The third-order valence-corrected chi connectivity index (χ3v) is 4.02. The number of amides is 1. The second kappa shape index (κ2) is 7.44. The number of carbonyl (C=O) groups is 1. The normalized spacial score (nSPS) is 10.9. The first-order chi connectivity index (χ1) is 12.1. The lowest BCUT2D eigenvalue weighted by atomic mass is 10.2. The highest BCUT2D eigenvalue weighted by atomic mass is 35.5. The van der Waals surface area contributed by atoms with E-state index in [1.807, 2.05) is 32.0 Å². The summed E-state index contributed by atoms with van der Waals surface area (Å²) < 4.78 is 5.70. The van der Waals surface area contributed by atoms with E-state index in [2.05, 4.69) is 15.2 Å². The third-order valence-electron chi connectivity index (χ3n) is 3.69. The van der Waals surface area contributed by atoms with Crippen molar-refractivity contribution in [2.24, 2.45) is 0 Å². The number of rotatable bonds is 5. The van der Waals surface area contributed by atoms with Crippen molar-refractivity contribution in [1.29, 1.82) is 0 Å². The molecule has 0 aliphatic heterocycles. The summed E-state index contributed by atoms with van der Waals surface area (Å²) in [5, 5.41) is 8.63. The van der Waals surface area contributed by atoms with Crippen LogP contribution in [0.1, 0.15) is 30.1 Å². The molecule has 3 rings (SSSR count). The lowest BCUT2D eigenvalue weighted by Gasteiger charge is -2.25. The van der Waals surface area contributed by atoms with E-state index in [4.69, 9.17) is 16.0 Å². The molecule has 7 heteroatoms. The Bertz CT molecular complexity index is 864. The maximum absolute atomic E-state index is 12.7. The molecule has 128 valence electrons. The molecule has 0 spiro atoms. The van der Waals surface area contributed by atoms with Crippen LogP contribution in [0.5, 0.6) is 0 Å². The van der Waals surface area contributed by atoms with Gasteiger partial charge in [-0.15, -0.1) is 10.2 Å². The van der Waals surface area contributed by atoms with E-state index in [1.165, 1.54) is 0 Å². The zero-order valence-corrected chi connectivity index (χ0v) is 14.6. The summed E-state index contributed by atoms with van der Waals surface area (Å²) in [6.07, 6.45) is 3.18. The van der Waals surface area contributed by atoms with E-state index < -0.39 is 0 Å². The fourth-order valence-electron chi connectivity index (χ4n) is 2.36. The van der Waals surface area contributed by atoms with Crippen molar-refractivity contribution >= 4 is 17.5 Å². The minimum atomic E-state index is -0.116. The molecular formula is C18H17ClN4O2. The Morgan fingerprint density at radius 3 is 2.56 bits per heavy atom. The molecule has 25 heavy (non-hydrogen) atoms. The number of benzene rings is 1. The third kappa shape index (κ3) is 3.85. The molecule has 3 aromatic rings. The van der Waals surface area contributed by atoms with Gasteiger partial charge < -0.3 is 9.32 Å². The summed E-state index contributed by atoms with van der Waals surface area (Å²) in [6.45, 7) is 4.09. The van der Waals surface area contributed by atoms with Crippen LogP contribution in [0.25, 0.3) is 11.5 Å². The second-order valence-corrected chi connectivity index (χ2v) is 6.15. The number of hydrogen-bond acceptors (Lipinski definition) is 5. The van der Waals surface area contributed by atoms with E-state index >= 15 is 0 Å². The Morgan fingerprint density at radius 1 is 1.16 bits per heavy atom. The lowest BCUT2D eigenvalue weighted by Crippen LogP contribution is -2.36. The van der Waals surface area contributed by atoms with Crippen LogP contribution < -0.4 is 0 Å². The Balaban J connectivity index is 1.82. The molecule has 6 nitrogen and oxygen atoms in total. The fraction of sp³-hybridized carbons (Fsp3) is 0.222. The van der Waals surface area contributed by atoms with E-state index in [0.29, 0.717) is 27.9 Å². The number of carbonyl (C=O) groups excluding carboxylic acids is 1. The van der Waals surface area contributed by atoms with Crippen LogP contribution >= 0.6 is 11.6 Å². The zero-order valence-electron chi connectivity index (χ0n) is 13.9. The largest absolute Gasteiger partial charge is 0.419 e. The standard InChI is InChI=1S/C18H17ClN4O2/c1-12(2)23(18(24)13-7-9-20-10-8-13)11-16-21-22-17(25-16)14-5-3-4-6-15(14)19/h3-10,12H,11H2,1-2H3. The first-order valence-corrected chi connectivity index (χ1v) is 8.22. The number of hydrogen-bond donors (Lipinski definition) is 0. The number of aromatic nitrogens is 3. The van der Waals surface area contributed by atoms with Gasteiger partial charge >= 0.3 is 0 Å². The molecule has 0 saturated carbocycles. The molecule has 0 radical (unpaired) electrons. The molecule has 0 aliphatic carbocycles. The van der Waals surface area contributed by atoms with Crippen LogP contribution in [-0.2, 0) is 6.54 Å². The number of nitrogens with zero attached hydrogens (tertiary/aromatic N) is 4. The Labute approximate surface area is 150 Å². The monoisotopic (exact) mass is 356 g/mol. The Morgan fingerprint density at radius 2 is 1.88 bits per heavy atom. The van der Waals surface area contributed by atoms with Gasteiger partial charge in [-0.2, -0.15) is 0 Å². The van der Waals surface area contributed by atoms with Crippen LogP contribution in [0, 0.1) is 0 Å². The van der Waals surface area contributed by atoms with Crippen LogP contribution in [0.2, 0.25) is 5.02 Å². The first kappa shape index (κ1) is 17.1. The van der Waals surface area contributed by atoms with E-state index in [9.17, 15) is 4.79 Å². The van der Waals surface area contributed by atoms with Crippen molar-refractivity contribution in [3.63, 3.8) is 0 Å². The minimum absolute atomic E-state index is 0.0312. The van der Waals surface area contributed by atoms with Gasteiger partial charge in [-0.05, 0) is 38.1 Å². The van der Waals surface area contributed by atoms with Crippen molar-refractivity contribution in [3.8, 4) is 11.5 Å². The molecule has 0 unspecified atom stereocenters. The first-order valence-electron chi connectivity index (χ1n) is 7.84. The highest BCUT2D eigenvalue weighted by molar-refractivity contribution is 6.33. The van der Waals surface area contributed by atoms with Gasteiger partial charge in [-0.3, -0.25) is 9.78 Å². The molecular weight excluding hydrogens is 340 g/mol. The predicted octanol–water partition coefficient (Wildman–Crippen LogP) is 3.84. The van der Waals surface area contributed by atoms with Gasteiger partial charge in [0.25, 0.3) is 5.91 Å². The maximum Gasteiger partial charge on any atom is 0.254 e. The quantitative estimate of drug-likeness (QED) is 0.694. The minimum Gasteiger partial charge on any atom is -0.419 e. The summed E-state index contributed by atoms with van der Waals surface area (Å²) in [7, 11) is 0. The highest BCUT2D eigenvalue weighted by Crippen LogP contribution is 2.26. The molecule has 2 aromatic heterocycles. The van der Waals surface area contributed by atoms with E-state index in [0.717, 1.165) is 0 Å².